The number of para-hydroxylation sites is 3. The zero-order valence-corrected chi connectivity index (χ0v) is 12.5. The summed E-state index contributed by atoms with van der Waals surface area (Å²) < 4.78 is 16.9. The predicted octanol–water partition coefficient (Wildman–Crippen LogP) is 4.81. The molecule has 0 aliphatic rings. The van der Waals surface area contributed by atoms with Crippen molar-refractivity contribution in [3.05, 3.63) is 42.5 Å². The van der Waals surface area contributed by atoms with E-state index in [9.17, 15) is 5.11 Å². The molecule has 0 N–H and O–H groups in total. The molecular weight excluding hydrogens is 268 g/mol. The summed E-state index contributed by atoms with van der Waals surface area (Å²) in [6, 6.07) is 12.1. The standard InChI is InChI=1S/C17H19O4/c1-4-19-14-9-5-6-10-15(14)21-16-11-7-8-13(18)17(16)20-12(2)3/h5-12H,4H2,1-3H3. The van der Waals surface area contributed by atoms with Crippen LogP contribution in [-0.2, 0) is 5.11 Å². The van der Waals surface area contributed by atoms with Crippen LogP contribution in [0.25, 0.3) is 0 Å². The molecule has 2 aromatic carbocycles. The first-order valence-corrected chi connectivity index (χ1v) is 6.98. The van der Waals surface area contributed by atoms with Crippen molar-refractivity contribution in [2.75, 3.05) is 6.61 Å². The summed E-state index contributed by atoms with van der Waals surface area (Å²) >= 11 is 0. The molecule has 4 nitrogen and oxygen atoms in total. The highest BCUT2D eigenvalue weighted by Gasteiger charge is 2.16. The van der Waals surface area contributed by atoms with E-state index in [1.165, 1.54) is 6.07 Å². The molecule has 0 saturated carbocycles. The lowest BCUT2D eigenvalue weighted by Crippen LogP contribution is -2.06. The fourth-order valence-electron chi connectivity index (χ4n) is 1.86. The fraction of sp³-hybridized carbons (Fsp3) is 0.294. The number of hydrogen-bond donors (Lipinski definition) is 0. The maximum atomic E-state index is 11.9. The molecule has 1 radical (unpaired) electrons. The molecule has 0 bridgehead atoms. The average Bonchev–Trinajstić information content (AvgIpc) is 2.45. The van der Waals surface area contributed by atoms with Crippen molar-refractivity contribution in [2.24, 2.45) is 0 Å². The zero-order valence-electron chi connectivity index (χ0n) is 12.5. The van der Waals surface area contributed by atoms with Gasteiger partial charge in [-0.25, -0.2) is 0 Å². The topological polar surface area (TPSA) is 47.6 Å². The van der Waals surface area contributed by atoms with Gasteiger partial charge in [-0.1, -0.05) is 18.2 Å². The molecule has 2 aromatic rings. The van der Waals surface area contributed by atoms with E-state index in [1.807, 2.05) is 39.0 Å². The summed E-state index contributed by atoms with van der Waals surface area (Å²) in [5, 5.41) is 11.9. The number of benzene rings is 2. The van der Waals surface area contributed by atoms with Gasteiger partial charge in [-0.3, -0.25) is 5.11 Å². The van der Waals surface area contributed by atoms with Crippen molar-refractivity contribution in [1.82, 2.24) is 0 Å². The molecule has 0 saturated heterocycles. The summed E-state index contributed by atoms with van der Waals surface area (Å²) in [5.74, 6) is 1.60. The van der Waals surface area contributed by atoms with E-state index in [0.29, 0.717) is 23.9 Å². The average molecular weight is 287 g/mol. The van der Waals surface area contributed by atoms with Gasteiger partial charge < -0.3 is 14.2 Å². The van der Waals surface area contributed by atoms with Gasteiger partial charge in [0.15, 0.2) is 17.2 Å². The van der Waals surface area contributed by atoms with Crippen LogP contribution in [0.4, 0.5) is 0 Å². The van der Waals surface area contributed by atoms with Gasteiger partial charge in [0.2, 0.25) is 11.5 Å². The maximum Gasteiger partial charge on any atom is 0.224 e. The second-order valence-electron chi connectivity index (χ2n) is 4.73. The lowest BCUT2D eigenvalue weighted by molar-refractivity contribution is 0.212. The van der Waals surface area contributed by atoms with Crippen LogP contribution < -0.4 is 14.2 Å². The van der Waals surface area contributed by atoms with Gasteiger partial charge in [0.05, 0.1) is 12.7 Å². The Morgan fingerprint density at radius 1 is 0.952 bits per heavy atom. The van der Waals surface area contributed by atoms with E-state index in [1.54, 1.807) is 18.2 Å². The van der Waals surface area contributed by atoms with Gasteiger partial charge in [0.1, 0.15) is 0 Å². The molecule has 0 spiro atoms. The van der Waals surface area contributed by atoms with Crippen molar-refractivity contribution in [3.8, 4) is 28.7 Å². The Kier molecular flexibility index (Phi) is 4.93. The van der Waals surface area contributed by atoms with Gasteiger partial charge >= 0.3 is 0 Å². The molecule has 4 heteroatoms. The zero-order chi connectivity index (χ0) is 15.2. The number of hydrogen-bond acceptors (Lipinski definition) is 3. The Balaban J connectivity index is 2.33. The molecule has 0 unspecified atom stereocenters. The Morgan fingerprint density at radius 3 is 2.29 bits per heavy atom. The Labute approximate surface area is 124 Å². The van der Waals surface area contributed by atoms with Crippen LogP contribution in [0.5, 0.6) is 28.7 Å². The summed E-state index contributed by atoms with van der Waals surface area (Å²) in [6.07, 6.45) is -0.107. The van der Waals surface area contributed by atoms with Crippen molar-refractivity contribution in [1.29, 1.82) is 0 Å². The number of rotatable bonds is 6. The summed E-state index contributed by atoms with van der Waals surface area (Å²) in [7, 11) is 0. The normalized spacial score (nSPS) is 10.5. The quantitative estimate of drug-likeness (QED) is 0.766. The summed E-state index contributed by atoms with van der Waals surface area (Å²) in [5.41, 5.74) is 0. The van der Waals surface area contributed by atoms with Crippen LogP contribution in [-0.4, -0.2) is 12.7 Å². The van der Waals surface area contributed by atoms with Crippen molar-refractivity contribution in [3.63, 3.8) is 0 Å². The third-order valence-corrected chi connectivity index (χ3v) is 2.67. The highest BCUT2D eigenvalue weighted by Crippen LogP contribution is 2.41. The smallest absolute Gasteiger partial charge is 0.224 e. The molecule has 0 atom stereocenters. The molecule has 0 aliphatic carbocycles. The van der Waals surface area contributed by atoms with Gasteiger partial charge in [-0.2, -0.15) is 0 Å². The van der Waals surface area contributed by atoms with E-state index in [2.05, 4.69) is 0 Å². The predicted molar refractivity (Wildman–Crippen MR) is 80.0 cm³/mol. The third-order valence-electron chi connectivity index (χ3n) is 2.67. The second kappa shape index (κ2) is 6.88. The monoisotopic (exact) mass is 287 g/mol. The number of ether oxygens (including phenoxy) is 3. The highest BCUT2D eigenvalue weighted by molar-refractivity contribution is 5.53. The van der Waals surface area contributed by atoms with Crippen LogP contribution in [0.15, 0.2) is 42.5 Å². The first-order valence-electron chi connectivity index (χ1n) is 6.98. The van der Waals surface area contributed by atoms with Crippen molar-refractivity contribution < 1.29 is 19.3 Å². The maximum absolute atomic E-state index is 11.9. The van der Waals surface area contributed by atoms with Crippen LogP contribution in [0, 0.1) is 0 Å². The van der Waals surface area contributed by atoms with Crippen molar-refractivity contribution >= 4 is 0 Å². The van der Waals surface area contributed by atoms with E-state index in [4.69, 9.17) is 14.2 Å². The molecule has 2 rings (SSSR count). The Morgan fingerprint density at radius 2 is 1.62 bits per heavy atom. The minimum Gasteiger partial charge on any atom is -0.490 e. The molecule has 0 heterocycles. The van der Waals surface area contributed by atoms with E-state index < -0.39 is 0 Å². The largest absolute Gasteiger partial charge is 0.490 e. The molecule has 111 valence electrons. The molecule has 0 aliphatic heterocycles. The molecule has 0 aromatic heterocycles. The van der Waals surface area contributed by atoms with E-state index >= 15 is 0 Å². The Hall–Kier alpha value is -2.36. The van der Waals surface area contributed by atoms with Gasteiger partial charge in [-0.05, 0) is 45.0 Å². The first-order chi connectivity index (χ1) is 10.1. The van der Waals surface area contributed by atoms with Gasteiger partial charge in [0.25, 0.3) is 0 Å². The van der Waals surface area contributed by atoms with Gasteiger partial charge in [-0.15, -0.1) is 0 Å². The lowest BCUT2D eigenvalue weighted by atomic mass is 10.2. The first kappa shape index (κ1) is 15.0. The third kappa shape index (κ3) is 3.81. The summed E-state index contributed by atoms with van der Waals surface area (Å²) in [6.45, 7) is 6.17. The minimum atomic E-state index is -0.199. The molecule has 0 fully saturated rings. The Bertz CT molecular complexity index is 593. The second-order valence-corrected chi connectivity index (χ2v) is 4.73. The van der Waals surface area contributed by atoms with E-state index in [-0.39, 0.29) is 17.6 Å². The van der Waals surface area contributed by atoms with Gasteiger partial charge in [0, 0.05) is 0 Å². The van der Waals surface area contributed by atoms with Crippen LogP contribution in [0.2, 0.25) is 0 Å². The van der Waals surface area contributed by atoms with Crippen LogP contribution >= 0.6 is 0 Å². The molecular formula is C17H19O4. The molecule has 0 amide bonds. The summed E-state index contributed by atoms with van der Waals surface area (Å²) in [4.78, 5) is 0. The fourth-order valence-corrected chi connectivity index (χ4v) is 1.86. The van der Waals surface area contributed by atoms with Crippen molar-refractivity contribution in [2.45, 2.75) is 26.9 Å². The SMILES string of the molecule is CCOc1ccccc1Oc1cccc([O])c1OC(C)C. The highest BCUT2D eigenvalue weighted by atomic mass is 16.5. The van der Waals surface area contributed by atoms with Crippen LogP contribution in [0.3, 0.4) is 0 Å². The molecule has 21 heavy (non-hydrogen) atoms. The minimum absolute atomic E-state index is 0.107. The van der Waals surface area contributed by atoms with Crippen LogP contribution in [0.1, 0.15) is 20.8 Å². The van der Waals surface area contributed by atoms with E-state index in [0.717, 1.165) is 0 Å². The lowest BCUT2D eigenvalue weighted by Gasteiger charge is -2.16.